The molecule has 0 bridgehead atoms. The number of ether oxygens (including phenoxy) is 1. The SMILES string of the molecule is O=C(N1CCOCC(Cc2cncc3ccccc23)C1)C1(c2cccc(F)c2)CCCC1. The topological polar surface area (TPSA) is 42.4 Å². The molecule has 0 N–H and O–H groups in total. The Balaban J connectivity index is 1.40. The number of rotatable bonds is 4. The maximum atomic E-state index is 14.0. The number of carbonyl (C=O) groups excluding carboxylic acids is 1. The lowest BCUT2D eigenvalue weighted by molar-refractivity contribution is -0.137. The Morgan fingerprint density at radius 1 is 1.12 bits per heavy atom. The highest BCUT2D eigenvalue weighted by Crippen LogP contribution is 2.43. The van der Waals surface area contributed by atoms with Gasteiger partial charge in [0.05, 0.1) is 18.6 Å². The Bertz CT molecular complexity index is 1100. The van der Waals surface area contributed by atoms with Gasteiger partial charge in [-0.05, 0) is 47.9 Å². The number of benzene rings is 2. The number of amides is 1. The summed E-state index contributed by atoms with van der Waals surface area (Å²) in [4.78, 5) is 20.3. The number of pyridine rings is 1. The summed E-state index contributed by atoms with van der Waals surface area (Å²) in [5.74, 6) is 0.0503. The van der Waals surface area contributed by atoms with Gasteiger partial charge in [-0.25, -0.2) is 4.39 Å². The summed E-state index contributed by atoms with van der Waals surface area (Å²) in [5.41, 5.74) is 1.39. The molecule has 1 aromatic heterocycles. The number of hydrogen-bond donors (Lipinski definition) is 0. The van der Waals surface area contributed by atoms with Crippen LogP contribution in [0.3, 0.4) is 0 Å². The lowest BCUT2D eigenvalue weighted by Crippen LogP contribution is -2.47. The van der Waals surface area contributed by atoms with E-state index in [0.717, 1.165) is 43.1 Å². The van der Waals surface area contributed by atoms with Crippen LogP contribution in [0.1, 0.15) is 36.8 Å². The third-order valence-electron chi connectivity index (χ3n) is 7.13. The standard InChI is InChI=1S/C27H29FN2O2/c28-24-8-5-7-23(15-24)27(10-3-4-11-27)26(31)30-12-13-32-19-20(18-30)14-22-17-29-16-21-6-1-2-9-25(21)22/h1-2,5-9,15-17,20H,3-4,10-14,18-19H2. The molecule has 2 heterocycles. The second kappa shape index (κ2) is 8.99. The van der Waals surface area contributed by atoms with Crippen LogP contribution in [0.25, 0.3) is 10.8 Å². The number of halogens is 1. The first-order valence-corrected chi connectivity index (χ1v) is 11.6. The van der Waals surface area contributed by atoms with Gasteiger partial charge < -0.3 is 9.64 Å². The number of carbonyl (C=O) groups is 1. The fourth-order valence-corrected chi connectivity index (χ4v) is 5.53. The van der Waals surface area contributed by atoms with Crippen molar-refractivity contribution in [3.8, 4) is 0 Å². The van der Waals surface area contributed by atoms with E-state index in [0.29, 0.717) is 26.3 Å². The maximum Gasteiger partial charge on any atom is 0.233 e. The fourth-order valence-electron chi connectivity index (χ4n) is 5.53. The summed E-state index contributed by atoms with van der Waals surface area (Å²) in [6.45, 7) is 2.40. The van der Waals surface area contributed by atoms with Crippen molar-refractivity contribution < 1.29 is 13.9 Å². The normalized spacial score (nSPS) is 20.9. The zero-order valence-corrected chi connectivity index (χ0v) is 18.3. The van der Waals surface area contributed by atoms with E-state index < -0.39 is 5.41 Å². The molecule has 1 aliphatic carbocycles. The van der Waals surface area contributed by atoms with Crippen molar-refractivity contribution in [1.29, 1.82) is 0 Å². The lowest BCUT2D eigenvalue weighted by Gasteiger charge is -2.35. The van der Waals surface area contributed by atoms with Crippen LogP contribution < -0.4 is 0 Å². The van der Waals surface area contributed by atoms with Crippen molar-refractivity contribution in [3.63, 3.8) is 0 Å². The first kappa shape index (κ1) is 21.1. The summed E-state index contributed by atoms with van der Waals surface area (Å²) >= 11 is 0. The minimum atomic E-state index is -0.613. The number of fused-ring (bicyclic) bond motifs is 1. The molecule has 3 aromatic rings. The van der Waals surface area contributed by atoms with Crippen molar-refractivity contribution in [2.75, 3.05) is 26.3 Å². The van der Waals surface area contributed by atoms with Crippen molar-refractivity contribution in [2.45, 2.75) is 37.5 Å². The van der Waals surface area contributed by atoms with Crippen molar-refractivity contribution >= 4 is 16.7 Å². The van der Waals surface area contributed by atoms with Crippen molar-refractivity contribution in [1.82, 2.24) is 9.88 Å². The van der Waals surface area contributed by atoms with Crippen molar-refractivity contribution in [3.05, 3.63) is 77.9 Å². The molecule has 0 radical (unpaired) electrons. The van der Waals surface area contributed by atoms with Crippen LogP contribution in [-0.2, 0) is 21.4 Å². The lowest BCUT2D eigenvalue weighted by atomic mass is 9.77. The van der Waals surface area contributed by atoms with E-state index in [1.807, 2.05) is 35.5 Å². The molecule has 2 fully saturated rings. The number of hydrogen-bond acceptors (Lipinski definition) is 3. The molecule has 2 aromatic carbocycles. The van der Waals surface area contributed by atoms with Crippen LogP contribution in [0.15, 0.2) is 60.9 Å². The molecule has 1 saturated carbocycles. The van der Waals surface area contributed by atoms with Crippen molar-refractivity contribution in [2.24, 2.45) is 5.92 Å². The van der Waals surface area contributed by atoms with Crippen LogP contribution in [0.4, 0.5) is 4.39 Å². The third kappa shape index (κ3) is 4.02. The Labute approximate surface area is 188 Å². The van der Waals surface area contributed by atoms with Crippen LogP contribution in [0, 0.1) is 11.7 Å². The number of nitrogens with zero attached hydrogens (tertiary/aromatic N) is 2. The predicted molar refractivity (Wildman–Crippen MR) is 123 cm³/mol. The molecule has 4 nitrogen and oxygen atoms in total. The Morgan fingerprint density at radius 2 is 1.97 bits per heavy atom. The summed E-state index contributed by atoms with van der Waals surface area (Å²) in [7, 11) is 0. The van der Waals surface area contributed by atoms with Gasteiger partial charge in [-0.3, -0.25) is 9.78 Å². The molecule has 0 spiro atoms. The second-order valence-corrected chi connectivity index (χ2v) is 9.22. The molecule has 1 amide bonds. The van der Waals surface area contributed by atoms with Crippen LogP contribution in [-0.4, -0.2) is 42.1 Å². The average Bonchev–Trinajstić information content (AvgIpc) is 3.21. The van der Waals surface area contributed by atoms with E-state index in [1.165, 1.54) is 17.0 Å². The number of aromatic nitrogens is 1. The minimum absolute atomic E-state index is 0.132. The summed E-state index contributed by atoms with van der Waals surface area (Å²) in [5, 5.41) is 2.33. The first-order valence-electron chi connectivity index (χ1n) is 11.6. The van der Waals surface area contributed by atoms with Gasteiger partial charge in [-0.1, -0.05) is 49.2 Å². The molecule has 1 unspecified atom stereocenters. The van der Waals surface area contributed by atoms with Crippen LogP contribution in [0.5, 0.6) is 0 Å². The van der Waals surface area contributed by atoms with E-state index in [4.69, 9.17) is 4.74 Å². The van der Waals surface area contributed by atoms with Gasteiger partial charge in [0.2, 0.25) is 5.91 Å². The third-order valence-corrected chi connectivity index (χ3v) is 7.13. The zero-order valence-electron chi connectivity index (χ0n) is 18.3. The van der Waals surface area contributed by atoms with E-state index in [2.05, 4.69) is 17.1 Å². The van der Waals surface area contributed by atoms with E-state index in [-0.39, 0.29) is 17.6 Å². The van der Waals surface area contributed by atoms with Gasteiger partial charge in [-0.15, -0.1) is 0 Å². The Morgan fingerprint density at radius 3 is 2.81 bits per heavy atom. The Kier molecular flexibility index (Phi) is 5.92. The second-order valence-electron chi connectivity index (χ2n) is 9.22. The van der Waals surface area contributed by atoms with E-state index in [9.17, 15) is 9.18 Å². The zero-order chi connectivity index (χ0) is 22.0. The molecule has 2 aliphatic rings. The highest BCUT2D eigenvalue weighted by molar-refractivity contribution is 5.89. The highest BCUT2D eigenvalue weighted by atomic mass is 19.1. The average molecular weight is 433 g/mol. The molecule has 1 aliphatic heterocycles. The summed E-state index contributed by atoms with van der Waals surface area (Å²) in [6.07, 6.45) is 8.20. The molecule has 166 valence electrons. The molecule has 5 rings (SSSR count). The summed E-state index contributed by atoms with van der Waals surface area (Å²) < 4.78 is 20.0. The summed E-state index contributed by atoms with van der Waals surface area (Å²) in [6, 6.07) is 14.9. The van der Waals surface area contributed by atoms with Crippen LogP contribution >= 0.6 is 0 Å². The smallest absolute Gasteiger partial charge is 0.233 e. The minimum Gasteiger partial charge on any atom is -0.379 e. The molecular formula is C27H29FN2O2. The predicted octanol–water partition coefficient (Wildman–Crippen LogP) is 4.90. The van der Waals surface area contributed by atoms with E-state index in [1.54, 1.807) is 12.1 Å². The molecule has 32 heavy (non-hydrogen) atoms. The Hall–Kier alpha value is -2.79. The van der Waals surface area contributed by atoms with Gasteiger partial charge >= 0.3 is 0 Å². The maximum absolute atomic E-state index is 14.0. The monoisotopic (exact) mass is 432 g/mol. The largest absolute Gasteiger partial charge is 0.379 e. The molecular weight excluding hydrogens is 403 g/mol. The van der Waals surface area contributed by atoms with Gasteiger partial charge in [0, 0.05) is 36.8 Å². The molecule has 5 heteroatoms. The first-order chi connectivity index (χ1) is 15.7. The molecule has 1 atom stereocenters. The van der Waals surface area contributed by atoms with Crippen LogP contribution in [0.2, 0.25) is 0 Å². The van der Waals surface area contributed by atoms with Gasteiger partial charge in [0.15, 0.2) is 0 Å². The van der Waals surface area contributed by atoms with Gasteiger partial charge in [-0.2, -0.15) is 0 Å². The quantitative estimate of drug-likeness (QED) is 0.589. The highest BCUT2D eigenvalue weighted by Gasteiger charge is 2.45. The van der Waals surface area contributed by atoms with E-state index >= 15 is 0 Å². The molecule has 1 saturated heterocycles. The van der Waals surface area contributed by atoms with Gasteiger partial charge in [0.1, 0.15) is 5.82 Å². The fraction of sp³-hybridized carbons (Fsp3) is 0.407. The van der Waals surface area contributed by atoms with Gasteiger partial charge in [0.25, 0.3) is 0 Å².